The molecule has 1 fully saturated rings. The zero-order valence-corrected chi connectivity index (χ0v) is 24.2. The number of anilines is 1. The first-order chi connectivity index (χ1) is 20.8. The van der Waals surface area contributed by atoms with Crippen molar-refractivity contribution in [2.24, 2.45) is 0 Å². The van der Waals surface area contributed by atoms with Crippen molar-refractivity contribution >= 4 is 17.0 Å². The summed E-state index contributed by atoms with van der Waals surface area (Å²) in [6.07, 6.45) is -2.66. The van der Waals surface area contributed by atoms with Crippen molar-refractivity contribution < 1.29 is 18.3 Å². The average molecular weight is 586 g/mol. The van der Waals surface area contributed by atoms with Crippen LogP contribution >= 0.6 is 0 Å². The molecule has 1 aliphatic rings. The molecule has 0 amide bonds. The largest absolute Gasteiger partial charge is 0.497 e. The summed E-state index contributed by atoms with van der Waals surface area (Å²) < 4.78 is 41.0. The van der Waals surface area contributed by atoms with Gasteiger partial charge < -0.3 is 20.1 Å². The number of methoxy groups -OCH3 is 1. The first kappa shape index (κ1) is 28.6. The molecule has 222 valence electrons. The molecular weight excluding hydrogens is 552 g/mol. The van der Waals surface area contributed by atoms with Crippen LogP contribution in [0.1, 0.15) is 43.6 Å². The van der Waals surface area contributed by atoms with Gasteiger partial charge in [-0.05, 0) is 61.2 Å². The third-order valence-electron chi connectivity index (χ3n) is 7.34. The van der Waals surface area contributed by atoms with Gasteiger partial charge in [0.05, 0.1) is 24.8 Å². The van der Waals surface area contributed by atoms with Crippen LogP contribution in [0.25, 0.3) is 28.1 Å². The fourth-order valence-electron chi connectivity index (χ4n) is 5.36. The normalized spacial score (nSPS) is 15.6. The number of fused-ring (bicyclic) bond motifs is 1. The van der Waals surface area contributed by atoms with E-state index in [1.807, 2.05) is 36.4 Å². The number of halogens is 2. The Hall–Kier alpha value is -4.48. The highest BCUT2D eigenvalue weighted by molar-refractivity contribution is 5.77. The second kappa shape index (κ2) is 12.0. The standard InChI is InChI=1S/C32H33F2N7O2/c1-32(2,18-21-8-4-5-9-23(21)20-12-14-22(42-3)15-13-20)40-30-37-28(26-19-35-16-17-43-26)38-31(39-30)41-25-11-7-6-10-24(25)36-29(41)27(33)34/h4-15,26-27,35H,16-19H2,1-3H3,(H,37,38,39,40). The lowest BCUT2D eigenvalue weighted by Crippen LogP contribution is -2.36. The molecule has 0 radical (unpaired) electrons. The maximum atomic E-state index is 14.2. The van der Waals surface area contributed by atoms with E-state index in [1.165, 1.54) is 4.57 Å². The van der Waals surface area contributed by atoms with Gasteiger partial charge in [0.15, 0.2) is 11.6 Å². The Kier molecular flexibility index (Phi) is 8.00. The van der Waals surface area contributed by atoms with E-state index in [4.69, 9.17) is 14.5 Å². The van der Waals surface area contributed by atoms with Crippen LogP contribution in [-0.2, 0) is 11.2 Å². The van der Waals surface area contributed by atoms with Crippen molar-refractivity contribution in [1.29, 1.82) is 0 Å². The van der Waals surface area contributed by atoms with Crippen molar-refractivity contribution in [3.8, 4) is 22.8 Å². The molecule has 1 aliphatic heterocycles. The number of hydrogen-bond acceptors (Lipinski definition) is 8. The Balaban J connectivity index is 1.38. The van der Waals surface area contributed by atoms with Crippen molar-refractivity contribution in [2.75, 3.05) is 32.1 Å². The molecule has 3 heterocycles. The minimum Gasteiger partial charge on any atom is -0.497 e. The van der Waals surface area contributed by atoms with Crippen LogP contribution < -0.4 is 15.4 Å². The first-order valence-electron chi connectivity index (χ1n) is 14.2. The summed E-state index contributed by atoms with van der Waals surface area (Å²) >= 11 is 0. The number of aromatic nitrogens is 5. The third kappa shape index (κ3) is 6.18. The van der Waals surface area contributed by atoms with E-state index >= 15 is 0 Å². The molecule has 2 aromatic heterocycles. The topological polar surface area (TPSA) is 99.0 Å². The number of benzene rings is 3. The summed E-state index contributed by atoms with van der Waals surface area (Å²) in [7, 11) is 1.65. The van der Waals surface area contributed by atoms with Gasteiger partial charge in [-0.15, -0.1) is 0 Å². The lowest BCUT2D eigenvalue weighted by molar-refractivity contribution is 0.0220. The maximum absolute atomic E-state index is 14.2. The Morgan fingerprint density at radius 1 is 1.00 bits per heavy atom. The maximum Gasteiger partial charge on any atom is 0.296 e. The van der Waals surface area contributed by atoms with Gasteiger partial charge in [-0.1, -0.05) is 48.5 Å². The van der Waals surface area contributed by atoms with Gasteiger partial charge in [0.2, 0.25) is 11.9 Å². The molecule has 0 saturated carbocycles. The van der Waals surface area contributed by atoms with Gasteiger partial charge in [-0.3, -0.25) is 4.57 Å². The van der Waals surface area contributed by atoms with Crippen molar-refractivity contribution in [1.82, 2.24) is 29.8 Å². The summed E-state index contributed by atoms with van der Waals surface area (Å²) in [5, 5.41) is 6.75. The molecule has 0 bridgehead atoms. The van der Waals surface area contributed by atoms with E-state index in [1.54, 1.807) is 31.4 Å². The predicted molar refractivity (Wildman–Crippen MR) is 161 cm³/mol. The number of para-hydroxylation sites is 2. The zero-order chi connectivity index (χ0) is 30.0. The van der Waals surface area contributed by atoms with E-state index in [2.05, 4.69) is 51.6 Å². The van der Waals surface area contributed by atoms with Gasteiger partial charge in [-0.2, -0.15) is 15.0 Å². The van der Waals surface area contributed by atoms with Crippen LogP contribution in [0.5, 0.6) is 5.75 Å². The molecule has 11 heteroatoms. The van der Waals surface area contributed by atoms with Gasteiger partial charge in [-0.25, -0.2) is 13.8 Å². The lowest BCUT2D eigenvalue weighted by atomic mass is 9.89. The van der Waals surface area contributed by atoms with E-state index in [0.717, 1.165) is 22.4 Å². The van der Waals surface area contributed by atoms with Gasteiger partial charge in [0.25, 0.3) is 6.43 Å². The zero-order valence-electron chi connectivity index (χ0n) is 24.2. The van der Waals surface area contributed by atoms with Crippen molar-refractivity contribution in [2.45, 2.75) is 38.3 Å². The number of morpholine rings is 1. The first-order valence-corrected chi connectivity index (χ1v) is 14.2. The second-order valence-corrected chi connectivity index (χ2v) is 11.0. The van der Waals surface area contributed by atoms with Crippen molar-refractivity contribution in [3.05, 3.63) is 90.0 Å². The molecule has 6 rings (SSSR count). The van der Waals surface area contributed by atoms with Crippen LogP contribution in [0.15, 0.2) is 72.8 Å². The minimum absolute atomic E-state index is 0.0557. The molecule has 9 nitrogen and oxygen atoms in total. The Labute approximate surface area is 248 Å². The Morgan fingerprint density at radius 2 is 1.77 bits per heavy atom. The van der Waals surface area contributed by atoms with Crippen molar-refractivity contribution in [3.63, 3.8) is 0 Å². The Morgan fingerprint density at radius 3 is 2.51 bits per heavy atom. The smallest absolute Gasteiger partial charge is 0.296 e. The molecular formula is C32H33F2N7O2. The van der Waals surface area contributed by atoms with Crippen LogP contribution in [0, 0.1) is 0 Å². The fourth-order valence-corrected chi connectivity index (χ4v) is 5.36. The highest BCUT2D eigenvalue weighted by Gasteiger charge is 2.28. The summed E-state index contributed by atoms with van der Waals surface area (Å²) in [5.41, 5.74) is 3.68. The highest BCUT2D eigenvalue weighted by Crippen LogP contribution is 2.31. The molecule has 0 aliphatic carbocycles. The Bertz CT molecular complexity index is 1720. The van der Waals surface area contributed by atoms with Crippen LogP contribution in [0.3, 0.4) is 0 Å². The van der Waals surface area contributed by atoms with E-state index < -0.39 is 23.9 Å². The molecule has 2 N–H and O–H groups in total. The number of imidazole rings is 1. The molecule has 5 aromatic rings. The van der Waals surface area contributed by atoms with Crippen LogP contribution in [0.2, 0.25) is 0 Å². The molecule has 3 aromatic carbocycles. The SMILES string of the molecule is COc1ccc(-c2ccccc2CC(C)(C)Nc2nc(C3CNCCO3)nc(-n3c(C(F)F)nc4ccccc43)n2)cc1. The predicted octanol–water partition coefficient (Wildman–Crippen LogP) is 5.92. The van der Waals surface area contributed by atoms with Gasteiger partial charge in [0.1, 0.15) is 11.9 Å². The van der Waals surface area contributed by atoms with E-state index in [9.17, 15) is 8.78 Å². The molecule has 1 atom stereocenters. The molecule has 43 heavy (non-hydrogen) atoms. The second-order valence-electron chi connectivity index (χ2n) is 11.0. The lowest BCUT2D eigenvalue weighted by Gasteiger charge is -2.29. The highest BCUT2D eigenvalue weighted by atomic mass is 19.3. The number of ether oxygens (including phenoxy) is 2. The third-order valence-corrected chi connectivity index (χ3v) is 7.34. The number of hydrogen-bond donors (Lipinski definition) is 2. The minimum atomic E-state index is -2.83. The fraction of sp³-hybridized carbons (Fsp3) is 0.312. The summed E-state index contributed by atoms with van der Waals surface area (Å²) in [6, 6.07) is 23.1. The molecule has 1 unspecified atom stereocenters. The van der Waals surface area contributed by atoms with Crippen LogP contribution in [-0.4, -0.2) is 56.8 Å². The molecule has 1 saturated heterocycles. The van der Waals surface area contributed by atoms with E-state index in [0.29, 0.717) is 43.0 Å². The number of nitrogens with one attached hydrogen (secondary N) is 2. The quantitative estimate of drug-likeness (QED) is 0.220. The monoisotopic (exact) mass is 585 g/mol. The summed E-state index contributed by atoms with van der Waals surface area (Å²) in [4.78, 5) is 18.2. The number of rotatable bonds is 9. The summed E-state index contributed by atoms with van der Waals surface area (Å²) in [5.74, 6) is 1.04. The van der Waals surface area contributed by atoms with Gasteiger partial charge >= 0.3 is 0 Å². The van der Waals surface area contributed by atoms with Gasteiger partial charge in [0, 0.05) is 18.6 Å². The number of alkyl halides is 2. The number of nitrogens with zero attached hydrogens (tertiary/aromatic N) is 5. The van der Waals surface area contributed by atoms with Crippen LogP contribution in [0.4, 0.5) is 14.7 Å². The molecule has 0 spiro atoms. The average Bonchev–Trinajstić information content (AvgIpc) is 3.42. The van der Waals surface area contributed by atoms with E-state index in [-0.39, 0.29) is 11.9 Å². The summed E-state index contributed by atoms with van der Waals surface area (Å²) in [6.45, 7) is 5.79.